The van der Waals surface area contributed by atoms with Gasteiger partial charge in [-0.05, 0) is 35.6 Å². The fourth-order valence-corrected chi connectivity index (χ4v) is 3.72. The summed E-state index contributed by atoms with van der Waals surface area (Å²) in [5.41, 5.74) is 11.6. The van der Waals surface area contributed by atoms with Crippen molar-refractivity contribution in [3.8, 4) is 11.3 Å². The van der Waals surface area contributed by atoms with E-state index in [-0.39, 0.29) is 5.41 Å². The second-order valence-electron chi connectivity index (χ2n) is 7.26. The number of aryl methyl sites for hydroxylation is 1. The molecule has 0 saturated heterocycles. The molecule has 0 fully saturated rings. The molecule has 0 unspecified atom stereocenters. The van der Waals surface area contributed by atoms with Crippen molar-refractivity contribution in [1.29, 1.82) is 0 Å². The minimum absolute atomic E-state index is 0.177. The van der Waals surface area contributed by atoms with E-state index in [0.717, 1.165) is 22.8 Å². The predicted molar refractivity (Wildman–Crippen MR) is 105 cm³/mol. The maximum Gasteiger partial charge on any atom is 0.0979 e. The van der Waals surface area contributed by atoms with E-state index in [1.807, 2.05) is 12.1 Å². The Morgan fingerprint density at radius 2 is 1.58 bits per heavy atom. The smallest absolute Gasteiger partial charge is 0.0979 e. The number of anilines is 1. The average Bonchev–Trinajstić information content (AvgIpc) is 2.89. The molecule has 0 atom stereocenters. The average molecular weight is 337 g/mol. The first-order chi connectivity index (χ1) is 11.3. The van der Waals surface area contributed by atoms with Gasteiger partial charge in [-0.25, -0.2) is 4.98 Å². The molecule has 0 spiro atoms. The van der Waals surface area contributed by atoms with Crippen LogP contribution in [0.1, 0.15) is 41.8 Å². The first kappa shape index (κ1) is 16.7. The summed E-state index contributed by atoms with van der Waals surface area (Å²) in [6, 6.07) is 16.9. The van der Waals surface area contributed by atoms with E-state index in [1.165, 1.54) is 21.6 Å². The van der Waals surface area contributed by atoms with Gasteiger partial charge in [-0.15, -0.1) is 11.3 Å². The molecule has 2 N–H and O–H groups in total. The van der Waals surface area contributed by atoms with Gasteiger partial charge < -0.3 is 5.73 Å². The number of nitrogen functional groups attached to an aromatic ring is 1. The molecule has 0 aliphatic rings. The largest absolute Gasteiger partial charge is 0.399 e. The van der Waals surface area contributed by atoms with Crippen LogP contribution in [0.25, 0.3) is 11.3 Å². The van der Waals surface area contributed by atoms with Crippen LogP contribution in [0.4, 0.5) is 5.69 Å². The lowest BCUT2D eigenvalue weighted by molar-refractivity contribution is 0.590. The summed E-state index contributed by atoms with van der Waals surface area (Å²) < 4.78 is 0. The van der Waals surface area contributed by atoms with Crippen molar-refractivity contribution >= 4 is 17.0 Å². The van der Waals surface area contributed by atoms with Crippen LogP contribution in [0.15, 0.2) is 48.5 Å². The Morgan fingerprint density at radius 1 is 0.958 bits per heavy atom. The molecule has 0 aliphatic heterocycles. The van der Waals surface area contributed by atoms with Crippen LogP contribution in [0.5, 0.6) is 0 Å². The van der Waals surface area contributed by atoms with E-state index in [9.17, 15) is 0 Å². The van der Waals surface area contributed by atoms with Gasteiger partial charge in [0.05, 0.1) is 10.7 Å². The Balaban J connectivity index is 1.84. The summed E-state index contributed by atoms with van der Waals surface area (Å²) in [4.78, 5) is 6.14. The summed E-state index contributed by atoms with van der Waals surface area (Å²) in [7, 11) is 0. The third kappa shape index (κ3) is 3.68. The van der Waals surface area contributed by atoms with Crippen molar-refractivity contribution in [3.63, 3.8) is 0 Å². The van der Waals surface area contributed by atoms with E-state index < -0.39 is 0 Å². The van der Waals surface area contributed by atoms with Crippen molar-refractivity contribution in [1.82, 2.24) is 4.98 Å². The van der Waals surface area contributed by atoms with Gasteiger partial charge in [-0.3, -0.25) is 0 Å². The molecule has 0 bridgehead atoms. The van der Waals surface area contributed by atoms with Crippen LogP contribution in [-0.2, 0) is 11.8 Å². The van der Waals surface area contributed by atoms with E-state index in [0.29, 0.717) is 0 Å². The Hall–Kier alpha value is -2.13. The van der Waals surface area contributed by atoms with Crippen LogP contribution in [0.2, 0.25) is 0 Å². The first-order valence-electron chi connectivity index (χ1n) is 8.24. The normalized spacial score (nSPS) is 11.7. The summed E-state index contributed by atoms with van der Waals surface area (Å²) >= 11 is 1.78. The zero-order chi connectivity index (χ0) is 17.3. The SMILES string of the molecule is Cc1sc(Cc2ccc(N)cc2)nc1-c1ccc(C(C)(C)C)cc1. The number of benzene rings is 2. The fourth-order valence-electron chi connectivity index (χ4n) is 2.73. The van der Waals surface area contributed by atoms with E-state index >= 15 is 0 Å². The molecule has 1 heterocycles. The van der Waals surface area contributed by atoms with Crippen LogP contribution in [-0.4, -0.2) is 4.98 Å². The van der Waals surface area contributed by atoms with Gasteiger partial charge in [0.25, 0.3) is 0 Å². The molecule has 1 aromatic heterocycles. The minimum atomic E-state index is 0.177. The maximum atomic E-state index is 5.75. The molecule has 2 nitrogen and oxygen atoms in total. The summed E-state index contributed by atoms with van der Waals surface area (Å²) in [6.07, 6.45) is 0.853. The van der Waals surface area contributed by atoms with Gasteiger partial charge in [0.15, 0.2) is 0 Å². The van der Waals surface area contributed by atoms with Gasteiger partial charge in [0.2, 0.25) is 0 Å². The number of rotatable bonds is 3. The van der Waals surface area contributed by atoms with Crippen LogP contribution >= 0.6 is 11.3 Å². The third-order valence-electron chi connectivity index (χ3n) is 4.20. The first-order valence-corrected chi connectivity index (χ1v) is 9.06. The number of thiazole rings is 1. The maximum absolute atomic E-state index is 5.75. The van der Waals surface area contributed by atoms with E-state index in [1.54, 1.807) is 11.3 Å². The predicted octanol–water partition coefficient (Wildman–Crippen LogP) is 5.59. The van der Waals surface area contributed by atoms with Gasteiger partial charge >= 0.3 is 0 Å². The second kappa shape index (κ2) is 6.40. The lowest BCUT2D eigenvalue weighted by atomic mass is 9.86. The molecule has 24 heavy (non-hydrogen) atoms. The van der Waals surface area contributed by atoms with E-state index in [4.69, 9.17) is 10.7 Å². The molecular formula is C21H24N2S. The monoisotopic (exact) mass is 336 g/mol. The number of aromatic nitrogens is 1. The Kier molecular flexibility index (Phi) is 4.46. The van der Waals surface area contributed by atoms with Crippen molar-refractivity contribution in [3.05, 3.63) is 69.5 Å². The van der Waals surface area contributed by atoms with Gasteiger partial charge in [0, 0.05) is 22.5 Å². The van der Waals surface area contributed by atoms with Gasteiger partial charge in [-0.2, -0.15) is 0 Å². The number of hydrogen-bond acceptors (Lipinski definition) is 3. The fraction of sp³-hybridized carbons (Fsp3) is 0.286. The summed E-state index contributed by atoms with van der Waals surface area (Å²) in [6.45, 7) is 8.86. The zero-order valence-corrected chi connectivity index (χ0v) is 15.6. The summed E-state index contributed by atoms with van der Waals surface area (Å²) in [5, 5.41) is 1.15. The van der Waals surface area contributed by atoms with Crippen molar-refractivity contribution in [2.24, 2.45) is 0 Å². The van der Waals surface area contributed by atoms with Gasteiger partial charge in [0.1, 0.15) is 0 Å². The van der Waals surface area contributed by atoms with E-state index in [2.05, 4.69) is 64.1 Å². The second-order valence-corrected chi connectivity index (χ2v) is 8.55. The highest BCUT2D eigenvalue weighted by Crippen LogP contribution is 2.31. The Labute approximate surface area is 148 Å². The molecule has 0 saturated carbocycles. The highest BCUT2D eigenvalue weighted by atomic mass is 32.1. The van der Waals surface area contributed by atoms with Crippen molar-refractivity contribution in [2.75, 3.05) is 5.73 Å². The van der Waals surface area contributed by atoms with Gasteiger partial charge in [-0.1, -0.05) is 57.2 Å². The molecule has 3 rings (SSSR count). The Morgan fingerprint density at radius 3 is 2.17 bits per heavy atom. The third-order valence-corrected chi connectivity index (χ3v) is 5.17. The lowest BCUT2D eigenvalue weighted by Gasteiger charge is -2.19. The minimum Gasteiger partial charge on any atom is -0.399 e. The number of nitrogens with two attached hydrogens (primary N) is 1. The highest BCUT2D eigenvalue weighted by molar-refractivity contribution is 7.12. The lowest BCUT2D eigenvalue weighted by Crippen LogP contribution is -2.10. The summed E-state index contributed by atoms with van der Waals surface area (Å²) in [5.74, 6) is 0. The number of hydrogen-bond donors (Lipinski definition) is 1. The zero-order valence-electron chi connectivity index (χ0n) is 14.8. The highest BCUT2D eigenvalue weighted by Gasteiger charge is 2.15. The topological polar surface area (TPSA) is 38.9 Å². The van der Waals surface area contributed by atoms with Crippen molar-refractivity contribution in [2.45, 2.75) is 39.5 Å². The molecule has 0 amide bonds. The van der Waals surface area contributed by atoms with Crippen molar-refractivity contribution < 1.29 is 0 Å². The molecule has 2 aromatic carbocycles. The molecule has 0 aliphatic carbocycles. The van der Waals surface area contributed by atoms with Crippen LogP contribution in [0, 0.1) is 6.92 Å². The molecule has 3 heteroatoms. The quantitative estimate of drug-likeness (QED) is 0.633. The molecule has 0 radical (unpaired) electrons. The molecular weight excluding hydrogens is 312 g/mol. The molecule has 3 aromatic rings. The molecule has 124 valence electrons. The number of nitrogens with zero attached hydrogens (tertiary/aromatic N) is 1. The Bertz CT molecular complexity index is 822. The van der Waals surface area contributed by atoms with Crippen LogP contribution < -0.4 is 5.73 Å². The standard InChI is InChI=1S/C21H24N2S/c1-14-20(16-7-9-17(10-8-16)21(2,3)4)23-19(24-14)13-15-5-11-18(22)12-6-15/h5-12H,13,22H2,1-4H3. The van der Waals surface area contributed by atoms with Crippen LogP contribution in [0.3, 0.4) is 0 Å².